The summed E-state index contributed by atoms with van der Waals surface area (Å²) < 4.78 is 14.4. The first kappa shape index (κ1) is 27.3. The molecule has 5 N–H and O–H groups in total. The number of aromatic amines is 1. The Kier molecular flexibility index (Phi) is 9.71. The molecule has 9 heteroatoms. The number of aromatic hydroxyl groups is 1. The van der Waals surface area contributed by atoms with Crippen molar-refractivity contribution < 1.29 is 14.3 Å². The summed E-state index contributed by atoms with van der Waals surface area (Å²) in [5.74, 6) is -0.754. The topological polar surface area (TPSA) is 111 Å². The molecule has 0 radical (unpaired) electrons. The van der Waals surface area contributed by atoms with Crippen molar-refractivity contribution >= 4 is 27.5 Å². The molecule has 0 saturated heterocycles. The van der Waals surface area contributed by atoms with Crippen LogP contribution in [0.3, 0.4) is 0 Å². The summed E-state index contributed by atoms with van der Waals surface area (Å²) in [4.78, 5) is 29.0. The number of nitrogens with one attached hydrogen (secondary N) is 2. The number of benzene rings is 2. The van der Waals surface area contributed by atoms with Crippen LogP contribution in [0.2, 0.25) is 0 Å². The van der Waals surface area contributed by atoms with Crippen LogP contribution >= 0.6 is 11.3 Å². The summed E-state index contributed by atoms with van der Waals surface area (Å²) in [7, 11) is 0. The second-order valence-corrected chi connectivity index (χ2v) is 11.0. The third-order valence-electron chi connectivity index (χ3n) is 7.40. The first-order valence-corrected chi connectivity index (χ1v) is 14.0. The standard InChI is InChI=1S/C28H37FN4O3S/c29-22-6-4-5-19(17-22)9-10-21(27(30)35)18-33(23-7-2-1-3-8-23)16-15-31-14-13-20-11-12-24(34)25-26(20)37-28(36)32-25/h4-6,11-12,17,21,23,31,34H,1-3,7-10,13-16,18H2,(H2,30,35)(H,32,36). The maximum atomic E-state index is 13.6. The van der Waals surface area contributed by atoms with Crippen LogP contribution in [0.4, 0.5) is 4.39 Å². The third-order valence-corrected chi connectivity index (χ3v) is 8.36. The number of amides is 1. The number of halogens is 1. The van der Waals surface area contributed by atoms with Gasteiger partial charge in [0.1, 0.15) is 17.1 Å². The van der Waals surface area contributed by atoms with E-state index < -0.39 is 0 Å². The number of carbonyl (C=O) groups is 1. The van der Waals surface area contributed by atoms with Gasteiger partial charge in [-0.05, 0) is 68.0 Å². The minimum Gasteiger partial charge on any atom is -0.506 e. The van der Waals surface area contributed by atoms with Crippen LogP contribution in [-0.4, -0.2) is 53.1 Å². The number of fused-ring (bicyclic) bond motifs is 1. The molecule has 0 bridgehead atoms. The zero-order valence-corrected chi connectivity index (χ0v) is 22.0. The van der Waals surface area contributed by atoms with Gasteiger partial charge in [-0.25, -0.2) is 4.39 Å². The number of phenolic OH excluding ortho intramolecular Hbond substituents is 1. The van der Waals surface area contributed by atoms with Gasteiger partial charge < -0.3 is 21.1 Å². The molecule has 2 aromatic carbocycles. The maximum Gasteiger partial charge on any atom is 0.305 e. The Hall–Kier alpha value is -2.75. The van der Waals surface area contributed by atoms with Crippen LogP contribution in [0.1, 0.15) is 49.7 Å². The van der Waals surface area contributed by atoms with Crippen molar-refractivity contribution in [3.63, 3.8) is 0 Å². The lowest BCUT2D eigenvalue weighted by Gasteiger charge is -2.36. The number of phenols is 1. The number of H-pyrrole nitrogens is 1. The van der Waals surface area contributed by atoms with Crippen LogP contribution in [0.5, 0.6) is 5.75 Å². The van der Waals surface area contributed by atoms with Crippen LogP contribution in [0.25, 0.3) is 10.2 Å². The van der Waals surface area contributed by atoms with E-state index in [4.69, 9.17) is 5.73 Å². The highest BCUT2D eigenvalue weighted by molar-refractivity contribution is 7.16. The fourth-order valence-electron chi connectivity index (χ4n) is 5.35. The Labute approximate surface area is 220 Å². The van der Waals surface area contributed by atoms with Gasteiger partial charge in [-0.1, -0.05) is 48.8 Å². The molecule has 1 aromatic heterocycles. The molecule has 1 saturated carbocycles. The van der Waals surface area contributed by atoms with Gasteiger partial charge in [-0.2, -0.15) is 0 Å². The van der Waals surface area contributed by atoms with Crippen LogP contribution in [0.15, 0.2) is 41.2 Å². The predicted octanol–water partition coefficient (Wildman–Crippen LogP) is 3.94. The van der Waals surface area contributed by atoms with Gasteiger partial charge in [0, 0.05) is 25.7 Å². The fraction of sp³-hybridized carbons (Fsp3) is 0.500. The zero-order valence-electron chi connectivity index (χ0n) is 21.2. The van der Waals surface area contributed by atoms with Crippen molar-refractivity contribution in [3.8, 4) is 5.75 Å². The van der Waals surface area contributed by atoms with E-state index in [2.05, 4.69) is 15.2 Å². The Morgan fingerprint density at radius 3 is 2.76 bits per heavy atom. The van der Waals surface area contributed by atoms with E-state index in [1.807, 2.05) is 12.1 Å². The molecule has 37 heavy (non-hydrogen) atoms. The smallest absolute Gasteiger partial charge is 0.305 e. The normalized spacial score (nSPS) is 15.4. The second-order valence-electron chi connectivity index (χ2n) is 10.0. The molecule has 1 fully saturated rings. The average Bonchev–Trinajstić information content (AvgIpc) is 3.29. The molecule has 4 rings (SSSR count). The molecular formula is C28H37FN4O3S. The van der Waals surface area contributed by atoms with Crippen LogP contribution in [-0.2, 0) is 17.6 Å². The van der Waals surface area contributed by atoms with Crippen molar-refractivity contribution in [2.24, 2.45) is 11.7 Å². The van der Waals surface area contributed by atoms with Crippen LogP contribution < -0.4 is 15.9 Å². The number of rotatable bonds is 13. The largest absolute Gasteiger partial charge is 0.506 e. The first-order chi connectivity index (χ1) is 17.9. The predicted molar refractivity (Wildman–Crippen MR) is 147 cm³/mol. The molecule has 1 heterocycles. The van der Waals surface area contributed by atoms with E-state index in [9.17, 15) is 19.1 Å². The lowest BCUT2D eigenvalue weighted by atomic mass is 9.92. The fourth-order valence-corrected chi connectivity index (χ4v) is 6.25. The number of nitrogens with zero attached hydrogens (tertiary/aromatic N) is 1. The zero-order chi connectivity index (χ0) is 26.2. The summed E-state index contributed by atoms with van der Waals surface area (Å²) in [5.41, 5.74) is 8.23. The molecule has 3 aromatic rings. The number of carbonyl (C=O) groups excluding carboxylic acids is 1. The summed E-state index contributed by atoms with van der Waals surface area (Å²) in [6.07, 6.45) is 7.89. The van der Waals surface area contributed by atoms with E-state index in [1.165, 1.54) is 31.4 Å². The van der Waals surface area contributed by atoms with E-state index in [0.717, 1.165) is 66.1 Å². The quantitative estimate of drug-likeness (QED) is 0.251. The Morgan fingerprint density at radius 1 is 1.19 bits per heavy atom. The van der Waals surface area contributed by atoms with Gasteiger partial charge in [0.25, 0.3) is 0 Å². The van der Waals surface area contributed by atoms with Gasteiger partial charge >= 0.3 is 4.87 Å². The number of aryl methyl sites for hydroxylation is 1. The number of hydrogen-bond acceptors (Lipinski definition) is 6. The highest BCUT2D eigenvalue weighted by atomic mass is 32.1. The van der Waals surface area contributed by atoms with E-state index in [1.54, 1.807) is 12.1 Å². The van der Waals surface area contributed by atoms with Crippen molar-refractivity contribution in [1.29, 1.82) is 0 Å². The molecule has 1 amide bonds. The van der Waals surface area contributed by atoms with Crippen molar-refractivity contribution in [2.75, 3.05) is 26.2 Å². The summed E-state index contributed by atoms with van der Waals surface area (Å²) in [6, 6.07) is 10.5. The Morgan fingerprint density at radius 2 is 2.00 bits per heavy atom. The van der Waals surface area contributed by atoms with Crippen molar-refractivity contribution in [2.45, 2.75) is 57.4 Å². The lowest BCUT2D eigenvalue weighted by molar-refractivity contribution is -0.122. The molecule has 1 aliphatic carbocycles. The molecule has 0 spiro atoms. The summed E-state index contributed by atoms with van der Waals surface area (Å²) in [6.45, 7) is 2.95. The molecule has 0 aliphatic heterocycles. The number of thiazole rings is 1. The minimum absolute atomic E-state index is 0.0922. The average molecular weight is 529 g/mol. The van der Waals surface area contributed by atoms with Gasteiger partial charge in [0.15, 0.2) is 0 Å². The number of hydrogen-bond donors (Lipinski definition) is 4. The molecule has 1 atom stereocenters. The minimum atomic E-state index is -0.299. The third kappa shape index (κ3) is 7.63. The van der Waals surface area contributed by atoms with Crippen molar-refractivity contribution in [1.82, 2.24) is 15.2 Å². The van der Waals surface area contributed by atoms with Gasteiger partial charge in [-0.15, -0.1) is 0 Å². The molecule has 1 unspecified atom stereocenters. The number of nitrogens with two attached hydrogens (primary N) is 1. The molecule has 7 nitrogen and oxygen atoms in total. The summed E-state index contributed by atoms with van der Waals surface area (Å²) >= 11 is 1.12. The van der Waals surface area contributed by atoms with Gasteiger partial charge in [0.05, 0.1) is 10.6 Å². The lowest BCUT2D eigenvalue weighted by Crippen LogP contribution is -2.46. The second kappa shape index (κ2) is 13.2. The highest BCUT2D eigenvalue weighted by Gasteiger charge is 2.26. The van der Waals surface area contributed by atoms with Crippen molar-refractivity contribution in [3.05, 3.63) is 63.0 Å². The maximum absolute atomic E-state index is 13.6. The number of aromatic nitrogens is 1. The SMILES string of the molecule is NC(=O)C(CCc1cccc(F)c1)CN(CCNCCc1ccc(O)c2[nH]c(=O)sc12)C1CCCCC1. The number of primary amides is 1. The highest BCUT2D eigenvalue weighted by Crippen LogP contribution is 2.28. The Bertz CT molecular complexity index is 1240. The van der Waals surface area contributed by atoms with E-state index >= 15 is 0 Å². The monoisotopic (exact) mass is 528 g/mol. The van der Waals surface area contributed by atoms with E-state index in [-0.39, 0.29) is 28.3 Å². The Balaban J connectivity index is 1.32. The van der Waals surface area contributed by atoms with Crippen LogP contribution in [0, 0.1) is 11.7 Å². The molecular weight excluding hydrogens is 491 g/mol. The molecule has 200 valence electrons. The van der Waals surface area contributed by atoms with Gasteiger partial charge in [0.2, 0.25) is 5.91 Å². The first-order valence-electron chi connectivity index (χ1n) is 13.2. The molecule has 1 aliphatic rings. The summed E-state index contributed by atoms with van der Waals surface area (Å²) in [5, 5.41) is 13.5. The van der Waals surface area contributed by atoms with Gasteiger partial charge in [-0.3, -0.25) is 14.5 Å². The van der Waals surface area contributed by atoms with E-state index in [0.29, 0.717) is 30.9 Å².